The first-order valence-corrected chi connectivity index (χ1v) is 20.9. The van der Waals surface area contributed by atoms with Gasteiger partial charge in [0.15, 0.2) is 6.61 Å². The van der Waals surface area contributed by atoms with Gasteiger partial charge in [-0.2, -0.15) is 0 Å². The standard InChI is InChI=1S/C47H62O7/c1-8-50-33-13-15-34(16-14-33)54-45-31(5)52-42-27-35(17-19-38(42)44(45)49)51-28-43(48)53-36-22-24-46(6)32(26-36)12-18-37-40-21-20-39(30(4)11-9-10-29(2)3)47(40,7)25-23-41(37)46/h12-17,19,27,29-30,36-37,39-41H,8-11,18,20-26,28H2,1-7H3/t30-,36+,37+,39-,40+,41+,46-,47+/m0/s1. The van der Waals surface area contributed by atoms with Gasteiger partial charge in [-0.15, -0.1) is 0 Å². The van der Waals surface area contributed by atoms with E-state index in [4.69, 9.17) is 23.4 Å². The molecule has 2 aromatic carbocycles. The number of rotatable bonds is 13. The Morgan fingerprint density at radius 1 is 0.907 bits per heavy atom. The van der Waals surface area contributed by atoms with E-state index in [1.165, 1.54) is 56.9 Å². The summed E-state index contributed by atoms with van der Waals surface area (Å²) in [5.74, 6) is 6.62. The Bertz CT molecular complexity index is 1890. The van der Waals surface area contributed by atoms with Crippen molar-refractivity contribution in [2.45, 2.75) is 125 Å². The molecule has 7 rings (SSSR count). The van der Waals surface area contributed by atoms with Crippen molar-refractivity contribution in [3.63, 3.8) is 0 Å². The lowest BCUT2D eigenvalue weighted by atomic mass is 9.47. The first-order chi connectivity index (χ1) is 25.9. The SMILES string of the molecule is CCOc1ccc(Oc2c(C)oc3cc(OCC(=O)O[C@@H]4CC[C@@]5(C)C(=CC[C@@H]6[C@H]7CC[C@@H]([C@@H](C)CCCC(C)C)[C@@]7(C)CC[C@H]65)C4)ccc3c2=O)cc1. The van der Waals surface area contributed by atoms with Gasteiger partial charge >= 0.3 is 5.97 Å². The number of allylic oxidation sites excluding steroid dienone is 1. The molecule has 3 saturated carbocycles. The topological polar surface area (TPSA) is 84.2 Å². The second-order valence-corrected chi connectivity index (χ2v) is 17.9. The van der Waals surface area contributed by atoms with Gasteiger partial charge in [0, 0.05) is 12.5 Å². The molecule has 1 heterocycles. The van der Waals surface area contributed by atoms with Gasteiger partial charge < -0.3 is 23.4 Å². The molecule has 0 radical (unpaired) electrons. The lowest BCUT2D eigenvalue weighted by Crippen LogP contribution is -2.51. The number of benzene rings is 2. The number of carbonyl (C=O) groups excluding carboxylic acids is 1. The van der Waals surface area contributed by atoms with Crippen molar-refractivity contribution >= 4 is 16.9 Å². The van der Waals surface area contributed by atoms with Crippen LogP contribution in [0.15, 0.2) is 63.3 Å². The first kappa shape index (κ1) is 38.5. The van der Waals surface area contributed by atoms with E-state index >= 15 is 0 Å². The molecule has 0 N–H and O–H groups in total. The number of carbonyl (C=O) groups is 1. The highest BCUT2D eigenvalue weighted by Crippen LogP contribution is 2.67. The van der Waals surface area contributed by atoms with E-state index in [0.717, 1.165) is 60.5 Å². The van der Waals surface area contributed by atoms with Crippen molar-refractivity contribution in [2.75, 3.05) is 13.2 Å². The minimum absolute atomic E-state index is 0.126. The van der Waals surface area contributed by atoms with Crippen molar-refractivity contribution in [1.29, 1.82) is 0 Å². The van der Waals surface area contributed by atoms with Crippen LogP contribution in [-0.4, -0.2) is 25.3 Å². The van der Waals surface area contributed by atoms with Crippen molar-refractivity contribution in [3.05, 3.63) is 70.1 Å². The second kappa shape index (κ2) is 15.8. The highest BCUT2D eigenvalue weighted by molar-refractivity contribution is 5.80. The Hall–Kier alpha value is -3.74. The smallest absolute Gasteiger partial charge is 0.344 e. The highest BCUT2D eigenvalue weighted by Gasteiger charge is 2.59. The van der Waals surface area contributed by atoms with Crippen LogP contribution in [0.25, 0.3) is 11.0 Å². The Morgan fingerprint density at radius 2 is 1.67 bits per heavy atom. The van der Waals surface area contributed by atoms with Gasteiger partial charge in [0.25, 0.3) is 0 Å². The van der Waals surface area contributed by atoms with E-state index in [9.17, 15) is 9.59 Å². The summed E-state index contributed by atoms with van der Waals surface area (Å²) < 4.78 is 29.3. The summed E-state index contributed by atoms with van der Waals surface area (Å²) in [7, 11) is 0. The molecular formula is C47H62O7. The minimum atomic E-state index is -0.373. The van der Waals surface area contributed by atoms with Gasteiger partial charge in [-0.3, -0.25) is 4.79 Å². The normalized spacial score (nSPS) is 29.5. The third-order valence-corrected chi connectivity index (χ3v) is 14.3. The summed E-state index contributed by atoms with van der Waals surface area (Å²) >= 11 is 0. The fourth-order valence-electron chi connectivity index (χ4n) is 11.5. The van der Waals surface area contributed by atoms with Crippen molar-refractivity contribution in [3.8, 4) is 23.0 Å². The molecule has 8 atom stereocenters. The molecule has 0 saturated heterocycles. The Labute approximate surface area is 322 Å². The first-order valence-electron chi connectivity index (χ1n) is 20.9. The molecule has 7 nitrogen and oxygen atoms in total. The molecule has 3 aromatic rings. The molecule has 7 heteroatoms. The van der Waals surface area contributed by atoms with Crippen molar-refractivity contribution in [2.24, 2.45) is 46.3 Å². The number of hydrogen-bond donors (Lipinski definition) is 0. The van der Waals surface area contributed by atoms with Gasteiger partial charge in [-0.25, -0.2) is 4.79 Å². The number of esters is 1. The molecule has 54 heavy (non-hydrogen) atoms. The third-order valence-electron chi connectivity index (χ3n) is 14.3. The maximum Gasteiger partial charge on any atom is 0.344 e. The average molecular weight is 739 g/mol. The second-order valence-electron chi connectivity index (χ2n) is 17.9. The maximum atomic E-state index is 13.3. The molecule has 4 aliphatic carbocycles. The van der Waals surface area contributed by atoms with E-state index in [1.807, 2.05) is 6.92 Å². The summed E-state index contributed by atoms with van der Waals surface area (Å²) in [6, 6.07) is 12.1. The Morgan fingerprint density at radius 3 is 2.43 bits per heavy atom. The van der Waals surface area contributed by atoms with E-state index in [-0.39, 0.29) is 35.3 Å². The van der Waals surface area contributed by atoms with Crippen LogP contribution < -0.4 is 19.6 Å². The summed E-state index contributed by atoms with van der Waals surface area (Å²) in [5.41, 5.74) is 2.29. The minimum Gasteiger partial charge on any atom is -0.494 e. The van der Waals surface area contributed by atoms with Crippen LogP contribution in [-0.2, 0) is 9.53 Å². The Balaban J connectivity index is 0.936. The fraction of sp³-hybridized carbons (Fsp3) is 0.617. The average Bonchev–Trinajstić information content (AvgIpc) is 3.50. The molecule has 292 valence electrons. The predicted molar refractivity (Wildman–Crippen MR) is 213 cm³/mol. The zero-order valence-electron chi connectivity index (χ0n) is 33.7. The highest BCUT2D eigenvalue weighted by atomic mass is 16.6. The summed E-state index contributed by atoms with van der Waals surface area (Å²) in [6.45, 7) is 16.4. The lowest BCUT2D eigenvalue weighted by molar-refractivity contribution is -0.153. The molecule has 0 unspecified atom stereocenters. The summed E-state index contributed by atoms with van der Waals surface area (Å²) in [5, 5.41) is 0.367. The van der Waals surface area contributed by atoms with Gasteiger partial charge in [0.05, 0.1) is 12.0 Å². The molecule has 0 aliphatic heterocycles. The third kappa shape index (κ3) is 7.58. The van der Waals surface area contributed by atoms with Crippen LogP contribution in [0.3, 0.4) is 0 Å². The zero-order valence-corrected chi connectivity index (χ0v) is 33.7. The van der Waals surface area contributed by atoms with E-state index in [1.54, 1.807) is 49.4 Å². The van der Waals surface area contributed by atoms with Crippen LogP contribution in [0.1, 0.15) is 118 Å². The van der Waals surface area contributed by atoms with Crippen LogP contribution in [0.2, 0.25) is 0 Å². The predicted octanol–water partition coefficient (Wildman–Crippen LogP) is 11.6. The maximum absolute atomic E-state index is 13.3. The monoisotopic (exact) mass is 738 g/mol. The van der Waals surface area contributed by atoms with Gasteiger partial charge in [0.1, 0.15) is 34.7 Å². The van der Waals surface area contributed by atoms with Crippen LogP contribution >= 0.6 is 0 Å². The van der Waals surface area contributed by atoms with Crippen LogP contribution in [0.5, 0.6) is 23.0 Å². The largest absolute Gasteiger partial charge is 0.494 e. The molecular weight excluding hydrogens is 677 g/mol. The van der Waals surface area contributed by atoms with Crippen LogP contribution in [0, 0.1) is 53.3 Å². The number of ether oxygens (including phenoxy) is 4. The van der Waals surface area contributed by atoms with Crippen LogP contribution in [0.4, 0.5) is 0 Å². The number of hydrogen-bond acceptors (Lipinski definition) is 7. The van der Waals surface area contributed by atoms with E-state index < -0.39 is 0 Å². The van der Waals surface area contributed by atoms with E-state index in [2.05, 4.69) is 40.7 Å². The van der Waals surface area contributed by atoms with Gasteiger partial charge in [0.2, 0.25) is 11.2 Å². The Kier molecular flexibility index (Phi) is 11.3. The molecule has 4 aliphatic rings. The quantitative estimate of drug-likeness (QED) is 0.127. The lowest BCUT2D eigenvalue weighted by Gasteiger charge is -2.58. The zero-order chi connectivity index (χ0) is 38.2. The fourth-order valence-corrected chi connectivity index (χ4v) is 11.5. The molecule has 0 spiro atoms. The summed E-state index contributed by atoms with van der Waals surface area (Å²) in [6.07, 6.45) is 16.0. The van der Waals surface area contributed by atoms with Crippen molar-refractivity contribution in [1.82, 2.24) is 0 Å². The molecule has 0 bridgehead atoms. The van der Waals surface area contributed by atoms with Crippen molar-refractivity contribution < 1.29 is 28.2 Å². The molecule has 3 fully saturated rings. The summed E-state index contributed by atoms with van der Waals surface area (Å²) in [4.78, 5) is 26.4. The van der Waals surface area contributed by atoms with Gasteiger partial charge in [-0.05, 0) is 142 Å². The van der Waals surface area contributed by atoms with Gasteiger partial charge in [-0.1, -0.05) is 65.5 Å². The van der Waals surface area contributed by atoms with E-state index in [0.29, 0.717) is 40.3 Å². The molecule has 0 amide bonds. The molecule has 1 aromatic heterocycles. The number of fused-ring (bicyclic) bond motifs is 6. The number of aryl methyl sites for hydroxylation is 1.